The average molecular weight is 430 g/mol. The third-order valence-electron chi connectivity index (χ3n) is 5.26. The molecule has 168 valence electrons. The van der Waals surface area contributed by atoms with Gasteiger partial charge in [-0.3, -0.25) is 4.79 Å². The Bertz CT molecular complexity index is 829. The van der Waals surface area contributed by atoms with Crippen molar-refractivity contribution in [2.45, 2.75) is 45.4 Å². The zero-order chi connectivity index (χ0) is 22.2. The monoisotopic (exact) mass is 429 g/mol. The minimum absolute atomic E-state index is 0.0135. The summed E-state index contributed by atoms with van der Waals surface area (Å²) in [5, 5.41) is 2.86. The second-order valence-electron chi connectivity index (χ2n) is 7.87. The molecule has 1 aliphatic rings. The lowest BCUT2D eigenvalue weighted by atomic mass is 10.2. The largest absolute Gasteiger partial charge is 0.497 e. The van der Waals surface area contributed by atoms with E-state index in [9.17, 15) is 9.59 Å². The number of amides is 3. The lowest BCUT2D eigenvalue weighted by Gasteiger charge is -2.30. The molecule has 2 heterocycles. The number of carbonyl (C=O) groups excluding carboxylic acids is 2. The zero-order valence-electron chi connectivity index (χ0n) is 18.4. The summed E-state index contributed by atoms with van der Waals surface area (Å²) in [5.41, 5.74) is 0.635. The van der Waals surface area contributed by atoms with E-state index >= 15 is 0 Å². The van der Waals surface area contributed by atoms with E-state index in [0.717, 1.165) is 19.4 Å². The van der Waals surface area contributed by atoms with Crippen LogP contribution in [0.1, 0.15) is 32.4 Å². The highest BCUT2D eigenvalue weighted by atomic mass is 16.5. The molecular formula is C23H31N3O5. The van der Waals surface area contributed by atoms with Gasteiger partial charge in [0.2, 0.25) is 5.91 Å². The SMILES string of the molecule is COc1ccc(NC(=O)N(CC(=O)N(Cc2ccco2)C[C@H]2CCCO2)C(C)C)cc1. The summed E-state index contributed by atoms with van der Waals surface area (Å²) in [7, 11) is 1.59. The fourth-order valence-electron chi connectivity index (χ4n) is 3.48. The number of carbonyl (C=O) groups is 2. The van der Waals surface area contributed by atoms with Gasteiger partial charge in [0, 0.05) is 24.9 Å². The van der Waals surface area contributed by atoms with Gasteiger partial charge in [-0.25, -0.2) is 4.79 Å². The van der Waals surface area contributed by atoms with Gasteiger partial charge in [-0.2, -0.15) is 0 Å². The third kappa shape index (κ3) is 6.49. The van der Waals surface area contributed by atoms with Crippen LogP contribution in [0.4, 0.5) is 10.5 Å². The molecule has 1 aromatic heterocycles. The predicted molar refractivity (Wildman–Crippen MR) is 117 cm³/mol. The topological polar surface area (TPSA) is 84.3 Å². The summed E-state index contributed by atoms with van der Waals surface area (Å²) in [5.74, 6) is 1.26. The smallest absolute Gasteiger partial charge is 0.322 e. The van der Waals surface area contributed by atoms with Crippen molar-refractivity contribution in [3.05, 3.63) is 48.4 Å². The Morgan fingerprint density at radius 2 is 2.00 bits per heavy atom. The van der Waals surface area contributed by atoms with Crippen LogP contribution in [0.15, 0.2) is 47.1 Å². The molecule has 0 spiro atoms. The number of hydrogen-bond acceptors (Lipinski definition) is 5. The molecule has 8 nitrogen and oxygen atoms in total. The molecule has 1 saturated heterocycles. The lowest BCUT2D eigenvalue weighted by molar-refractivity contribution is -0.134. The molecule has 1 atom stereocenters. The highest BCUT2D eigenvalue weighted by molar-refractivity contribution is 5.92. The van der Waals surface area contributed by atoms with E-state index in [2.05, 4.69) is 5.32 Å². The van der Waals surface area contributed by atoms with Crippen molar-refractivity contribution in [3.63, 3.8) is 0 Å². The highest BCUT2D eigenvalue weighted by Gasteiger charge is 2.27. The first-order chi connectivity index (χ1) is 15.0. The van der Waals surface area contributed by atoms with Gasteiger partial charge in [-0.1, -0.05) is 0 Å². The standard InChI is InChI=1S/C23H31N3O5/c1-17(2)26(23(28)24-18-8-10-19(29-3)11-9-18)16-22(27)25(14-20-6-4-12-30-20)15-21-7-5-13-31-21/h4,6,8-12,17,21H,5,7,13-16H2,1-3H3,(H,24,28)/t21-/m1/s1. The second kappa shape index (κ2) is 10.9. The van der Waals surface area contributed by atoms with Crippen molar-refractivity contribution in [1.29, 1.82) is 0 Å². The Morgan fingerprint density at radius 1 is 1.23 bits per heavy atom. The normalized spacial score (nSPS) is 15.7. The van der Waals surface area contributed by atoms with Crippen LogP contribution >= 0.6 is 0 Å². The minimum atomic E-state index is -0.330. The Kier molecular flexibility index (Phi) is 7.94. The highest BCUT2D eigenvalue weighted by Crippen LogP contribution is 2.18. The van der Waals surface area contributed by atoms with Gasteiger partial charge in [0.1, 0.15) is 18.1 Å². The molecule has 3 rings (SSSR count). The minimum Gasteiger partial charge on any atom is -0.497 e. The molecule has 31 heavy (non-hydrogen) atoms. The zero-order valence-corrected chi connectivity index (χ0v) is 18.4. The Balaban J connectivity index is 1.67. The van der Waals surface area contributed by atoms with Gasteiger partial charge in [0.05, 0.1) is 26.0 Å². The van der Waals surface area contributed by atoms with Crippen LogP contribution in [0.3, 0.4) is 0 Å². The van der Waals surface area contributed by atoms with Crippen LogP contribution in [-0.2, 0) is 16.1 Å². The van der Waals surface area contributed by atoms with E-state index in [4.69, 9.17) is 13.9 Å². The molecule has 1 aromatic carbocycles. The van der Waals surface area contributed by atoms with E-state index in [-0.39, 0.29) is 30.6 Å². The molecule has 0 aliphatic carbocycles. The summed E-state index contributed by atoms with van der Waals surface area (Å²) < 4.78 is 16.3. The quantitative estimate of drug-likeness (QED) is 0.656. The fraction of sp³-hybridized carbons (Fsp3) is 0.478. The van der Waals surface area contributed by atoms with Gasteiger partial charge in [-0.05, 0) is 63.1 Å². The van der Waals surface area contributed by atoms with Gasteiger partial charge < -0.3 is 29.0 Å². The number of furan rings is 1. The predicted octanol–water partition coefficient (Wildman–Crippen LogP) is 3.74. The van der Waals surface area contributed by atoms with Crippen LogP contribution in [0.5, 0.6) is 5.75 Å². The molecule has 2 aromatic rings. The summed E-state index contributed by atoms with van der Waals surface area (Å²) >= 11 is 0. The average Bonchev–Trinajstić information content (AvgIpc) is 3.46. The van der Waals surface area contributed by atoms with Gasteiger partial charge in [0.25, 0.3) is 0 Å². The van der Waals surface area contributed by atoms with E-state index in [1.165, 1.54) is 4.90 Å². The molecule has 0 bridgehead atoms. The van der Waals surface area contributed by atoms with Crippen molar-refractivity contribution in [2.75, 3.05) is 32.1 Å². The van der Waals surface area contributed by atoms with E-state index in [1.807, 2.05) is 19.9 Å². The molecule has 1 aliphatic heterocycles. The lowest BCUT2D eigenvalue weighted by Crippen LogP contribution is -2.48. The Morgan fingerprint density at radius 3 is 2.58 bits per heavy atom. The van der Waals surface area contributed by atoms with Crippen LogP contribution in [0, 0.1) is 0 Å². The maximum atomic E-state index is 13.2. The van der Waals surface area contributed by atoms with Crippen molar-refractivity contribution in [1.82, 2.24) is 9.80 Å². The molecule has 0 radical (unpaired) electrons. The number of methoxy groups -OCH3 is 1. The maximum Gasteiger partial charge on any atom is 0.322 e. The third-order valence-corrected chi connectivity index (χ3v) is 5.26. The van der Waals surface area contributed by atoms with Crippen LogP contribution in [0.2, 0.25) is 0 Å². The second-order valence-corrected chi connectivity index (χ2v) is 7.87. The van der Waals surface area contributed by atoms with Gasteiger partial charge in [-0.15, -0.1) is 0 Å². The van der Waals surface area contributed by atoms with Crippen molar-refractivity contribution in [2.24, 2.45) is 0 Å². The number of urea groups is 1. The van der Waals surface area contributed by atoms with E-state index in [0.29, 0.717) is 30.3 Å². The molecule has 8 heteroatoms. The van der Waals surface area contributed by atoms with E-state index < -0.39 is 0 Å². The summed E-state index contributed by atoms with van der Waals surface area (Å²) in [6, 6.07) is 10.2. The number of rotatable bonds is 9. The molecule has 1 N–H and O–H groups in total. The summed E-state index contributed by atoms with van der Waals surface area (Å²) in [6.45, 7) is 5.28. The van der Waals surface area contributed by atoms with Gasteiger partial charge in [0.15, 0.2) is 0 Å². The number of hydrogen-bond donors (Lipinski definition) is 1. The first kappa shape index (κ1) is 22.7. The Hall–Kier alpha value is -3.00. The maximum absolute atomic E-state index is 13.2. The number of ether oxygens (including phenoxy) is 2. The van der Waals surface area contributed by atoms with E-state index in [1.54, 1.807) is 48.6 Å². The number of nitrogens with zero attached hydrogens (tertiary/aromatic N) is 2. The van der Waals surface area contributed by atoms with Crippen molar-refractivity contribution >= 4 is 17.6 Å². The molecule has 0 saturated carbocycles. The summed E-state index contributed by atoms with van der Waals surface area (Å²) in [4.78, 5) is 29.3. The van der Waals surface area contributed by atoms with Crippen molar-refractivity contribution in [3.8, 4) is 5.75 Å². The van der Waals surface area contributed by atoms with Crippen LogP contribution in [0.25, 0.3) is 0 Å². The first-order valence-electron chi connectivity index (χ1n) is 10.6. The van der Waals surface area contributed by atoms with Gasteiger partial charge >= 0.3 is 6.03 Å². The van der Waals surface area contributed by atoms with Crippen molar-refractivity contribution < 1.29 is 23.5 Å². The van der Waals surface area contributed by atoms with Crippen LogP contribution in [-0.4, -0.2) is 60.7 Å². The fourth-order valence-corrected chi connectivity index (χ4v) is 3.48. The Labute approximate surface area is 183 Å². The summed E-state index contributed by atoms with van der Waals surface area (Å²) in [6.07, 6.45) is 3.52. The molecule has 3 amide bonds. The number of anilines is 1. The molecule has 1 fully saturated rings. The number of benzene rings is 1. The first-order valence-corrected chi connectivity index (χ1v) is 10.6. The molecular weight excluding hydrogens is 398 g/mol. The molecule has 0 unspecified atom stereocenters. The van der Waals surface area contributed by atoms with Crippen LogP contribution < -0.4 is 10.1 Å². The number of nitrogens with one attached hydrogen (secondary N) is 1.